The minimum absolute atomic E-state index is 0.990. The van der Waals surface area contributed by atoms with Crippen LogP contribution in [0.3, 0.4) is 0 Å². The molecule has 0 radical (unpaired) electrons. The summed E-state index contributed by atoms with van der Waals surface area (Å²) in [6, 6.07) is 0. The first-order valence-corrected chi connectivity index (χ1v) is 3.40. The van der Waals surface area contributed by atoms with Crippen molar-refractivity contribution in [3.05, 3.63) is 6.08 Å². The standard InChI is InChI=1S/C4H6S2/c1-6-4-2-3-5/h2H,4H2,1H3. The molecule has 0 saturated carbocycles. The molecule has 0 saturated heterocycles. The first-order valence-electron chi connectivity index (χ1n) is 1.60. The van der Waals surface area contributed by atoms with Gasteiger partial charge < -0.3 is 0 Å². The Hall–Kier alpha value is 0.220. The van der Waals surface area contributed by atoms with Crippen LogP contribution >= 0.6 is 24.0 Å². The molecule has 6 heavy (non-hydrogen) atoms. The molecule has 0 unspecified atom stereocenters. The lowest BCUT2D eigenvalue weighted by Gasteiger charge is -1.73. The second kappa shape index (κ2) is 5.22. The molecule has 0 spiro atoms. The largest absolute Gasteiger partial charge is 0.161 e. The van der Waals surface area contributed by atoms with Crippen LogP contribution in [0.4, 0.5) is 0 Å². The molecule has 0 rings (SSSR count). The Morgan fingerprint density at radius 3 is 2.83 bits per heavy atom. The third-order valence-corrected chi connectivity index (χ3v) is 1.00. The van der Waals surface area contributed by atoms with Gasteiger partial charge in [-0.2, -0.15) is 11.8 Å². The monoisotopic (exact) mass is 118 g/mol. The summed E-state index contributed by atoms with van der Waals surface area (Å²) in [5, 5.41) is 2.51. The van der Waals surface area contributed by atoms with Crippen molar-refractivity contribution in [1.29, 1.82) is 0 Å². The van der Waals surface area contributed by atoms with Crippen LogP contribution in [0.2, 0.25) is 0 Å². The van der Waals surface area contributed by atoms with Gasteiger partial charge in [-0.05, 0) is 29.6 Å². The van der Waals surface area contributed by atoms with Crippen molar-refractivity contribution in [3.63, 3.8) is 0 Å². The first kappa shape index (κ1) is 6.22. The van der Waals surface area contributed by atoms with Crippen LogP contribution in [-0.2, 0) is 0 Å². The van der Waals surface area contributed by atoms with Gasteiger partial charge in [-0.25, -0.2) is 0 Å². The summed E-state index contributed by atoms with van der Waals surface area (Å²) in [5.74, 6) is 0.990. The van der Waals surface area contributed by atoms with E-state index in [4.69, 9.17) is 0 Å². The summed E-state index contributed by atoms with van der Waals surface area (Å²) in [5.41, 5.74) is 0. The Balaban J connectivity index is 2.86. The van der Waals surface area contributed by atoms with Crippen LogP contribution in [0, 0.1) is 0 Å². The van der Waals surface area contributed by atoms with Crippen LogP contribution < -0.4 is 0 Å². The molecular formula is C4H6S2. The zero-order chi connectivity index (χ0) is 4.83. The normalized spacial score (nSPS) is 6.83. The average molecular weight is 118 g/mol. The van der Waals surface area contributed by atoms with Gasteiger partial charge in [0, 0.05) is 5.75 Å². The smallest absolute Gasteiger partial charge is 0.0194 e. The van der Waals surface area contributed by atoms with Gasteiger partial charge in [-0.3, -0.25) is 0 Å². The Morgan fingerprint density at radius 1 is 2.00 bits per heavy atom. The zero-order valence-electron chi connectivity index (χ0n) is 3.60. The summed E-state index contributed by atoms with van der Waals surface area (Å²) in [6.45, 7) is 0. The van der Waals surface area contributed by atoms with Crippen molar-refractivity contribution in [2.24, 2.45) is 0 Å². The van der Waals surface area contributed by atoms with E-state index in [-0.39, 0.29) is 0 Å². The van der Waals surface area contributed by atoms with Crippen molar-refractivity contribution in [2.75, 3.05) is 12.0 Å². The van der Waals surface area contributed by atoms with Gasteiger partial charge in [0.25, 0.3) is 0 Å². The van der Waals surface area contributed by atoms with E-state index in [0.717, 1.165) is 5.75 Å². The topological polar surface area (TPSA) is 0 Å². The fourth-order valence-corrected chi connectivity index (χ4v) is 0.556. The number of thiocarbonyl (C=S) groups is 1. The van der Waals surface area contributed by atoms with E-state index >= 15 is 0 Å². The summed E-state index contributed by atoms with van der Waals surface area (Å²) in [6.07, 6.45) is 3.86. The van der Waals surface area contributed by atoms with Gasteiger partial charge in [-0.1, -0.05) is 0 Å². The van der Waals surface area contributed by atoms with Crippen LogP contribution in [0.15, 0.2) is 6.08 Å². The summed E-state index contributed by atoms with van der Waals surface area (Å²) in [4.78, 5) is 0. The molecule has 0 atom stereocenters. The molecule has 2 heteroatoms. The molecule has 0 aromatic heterocycles. The number of thioether (sulfide) groups is 1. The SMILES string of the molecule is CSCC=C=S. The molecule has 0 bridgehead atoms. The quantitative estimate of drug-likeness (QED) is 0.504. The maximum atomic E-state index is 4.40. The Morgan fingerprint density at radius 2 is 2.67 bits per heavy atom. The molecule has 0 nitrogen and oxygen atoms in total. The summed E-state index contributed by atoms with van der Waals surface area (Å²) < 4.78 is 0. The molecule has 0 aliphatic carbocycles. The van der Waals surface area contributed by atoms with Gasteiger partial charge in [0.2, 0.25) is 0 Å². The predicted molar refractivity (Wildman–Crippen MR) is 35.6 cm³/mol. The lowest BCUT2D eigenvalue weighted by Crippen LogP contribution is -1.61. The molecule has 0 fully saturated rings. The van der Waals surface area contributed by atoms with Gasteiger partial charge in [-0.15, -0.1) is 0 Å². The molecule has 0 N–H and O–H groups in total. The van der Waals surface area contributed by atoms with E-state index in [9.17, 15) is 0 Å². The summed E-state index contributed by atoms with van der Waals surface area (Å²) >= 11 is 6.14. The molecule has 0 heterocycles. The molecule has 0 aliphatic rings. The number of rotatable bonds is 2. The zero-order valence-corrected chi connectivity index (χ0v) is 5.23. The van der Waals surface area contributed by atoms with Crippen molar-refractivity contribution in [1.82, 2.24) is 0 Å². The Labute approximate surface area is 47.6 Å². The summed E-state index contributed by atoms with van der Waals surface area (Å²) in [7, 11) is 0. The maximum Gasteiger partial charge on any atom is 0.0194 e. The van der Waals surface area contributed by atoms with Gasteiger partial charge >= 0.3 is 0 Å². The molecule has 0 amide bonds. The van der Waals surface area contributed by atoms with E-state index in [1.165, 1.54) is 0 Å². The molecule has 0 aromatic rings. The minimum atomic E-state index is 0.990. The van der Waals surface area contributed by atoms with Gasteiger partial charge in [0.1, 0.15) is 0 Å². The van der Waals surface area contributed by atoms with Crippen LogP contribution in [0.25, 0.3) is 0 Å². The third kappa shape index (κ3) is 4.22. The van der Waals surface area contributed by atoms with E-state index in [1.54, 1.807) is 11.8 Å². The minimum Gasteiger partial charge on any atom is -0.161 e. The van der Waals surface area contributed by atoms with Crippen LogP contribution in [-0.4, -0.2) is 17.0 Å². The lowest BCUT2D eigenvalue weighted by atomic mass is 10.8. The number of hydrogen-bond acceptors (Lipinski definition) is 2. The molecule has 34 valence electrons. The second-order valence-electron chi connectivity index (χ2n) is 0.777. The fraction of sp³-hybridized carbons (Fsp3) is 0.500. The average Bonchev–Trinajstić information content (AvgIpc) is 1.61. The van der Waals surface area contributed by atoms with Gasteiger partial charge in [0.15, 0.2) is 0 Å². The Bertz CT molecular complexity index is 61.9. The highest BCUT2D eigenvalue weighted by Gasteiger charge is 1.64. The molecular weight excluding hydrogens is 112 g/mol. The fourth-order valence-electron chi connectivity index (χ4n) is 0.117. The maximum absolute atomic E-state index is 4.40. The van der Waals surface area contributed by atoms with Gasteiger partial charge in [0.05, 0.1) is 0 Å². The highest BCUT2D eigenvalue weighted by molar-refractivity contribution is 7.98. The van der Waals surface area contributed by atoms with Crippen LogP contribution in [0.1, 0.15) is 0 Å². The van der Waals surface area contributed by atoms with Crippen molar-refractivity contribution >= 4 is 29.0 Å². The predicted octanol–water partition coefficient (Wildman–Crippen LogP) is 1.50. The lowest BCUT2D eigenvalue weighted by molar-refractivity contribution is 1.86. The van der Waals surface area contributed by atoms with E-state index in [0.29, 0.717) is 0 Å². The van der Waals surface area contributed by atoms with Crippen molar-refractivity contribution in [2.45, 2.75) is 0 Å². The van der Waals surface area contributed by atoms with E-state index < -0.39 is 0 Å². The third-order valence-electron chi connectivity index (χ3n) is 0.333. The second-order valence-corrected chi connectivity index (χ2v) is 1.92. The van der Waals surface area contributed by atoms with E-state index in [2.05, 4.69) is 17.2 Å². The van der Waals surface area contributed by atoms with E-state index in [1.807, 2.05) is 12.3 Å². The number of hydrogen-bond donors (Lipinski definition) is 0. The Kier molecular flexibility index (Phi) is 5.41. The molecule has 0 aromatic carbocycles. The van der Waals surface area contributed by atoms with Crippen molar-refractivity contribution in [3.8, 4) is 0 Å². The highest BCUT2D eigenvalue weighted by atomic mass is 32.2. The van der Waals surface area contributed by atoms with Crippen molar-refractivity contribution < 1.29 is 0 Å². The van der Waals surface area contributed by atoms with Crippen LogP contribution in [0.5, 0.6) is 0 Å². The molecule has 0 aliphatic heterocycles. The highest BCUT2D eigenvalue weighted by Crippen LogP contribution is 1.87. The first-order chi connectivity index (χ1) is 2.91.